The van der Waals surface area contributed by atoms with Crippen molar-refractivity contribution in [2.24, 2.45) is 5.92 Å². The Balaban J connectivity index is 2.62. The summed E-state index contributed by atoms with van der Waals surface area (Å²) in [5.41, 5.74) is 2.42. The van der Waals surface area contributed by atoms with Crippen molar-refractivity contribution in [3.8, 4) is 0 Å². The minimum Gasteiger partial charge on any atom is -0.410 e. The first-order chi connectivity index (χ1) is 15.8. The summed E-state index contributed by atoms with van der Waals surface area (Å²) in [6.07, 6.45) is -0.190. The van der Waals surface area contributed by atoms with E-state index in [0.29, 0.717) is 12.1 Å². The van der Waals surface area contributed by atoms with Crippen LogP contribution in [0.15, 0.2) is 18.2 Å². The predicted molar refractivity (Wildman–Crippen MR) is 150 cm³/mol. The smallest absolute Gasteiger partial charge is 0.274 e. The van der Waals surface area contributed by atoms with Gasteiger partial charge in [-0.25, -0.2) is 4.98 Å². The molecule has 0 fully saturated rings. The number of para-hydroxylation sites is 1. The van der Waals surface area contributed by atoms with Gasteiger partial charge >= 0.3 is 0 Å². The summed E-state index contributed by atoms with van der Waals surface area (Å²) in [4.78, 5) is 4.79. The fourth-order valence-corrected chi connectivity index (χ4v) is 6.17. The number of hydrogen-bond acceptors (Lipinski definition) is 5. The van der Waals surface area contributed by atoms with Gasteiger partial charge in [-0.1, -0.05) is 66.4 Å². The van der Waals surface area contributed by atoms with E-state index in [-0.39, 0.29) is 29.6 Å². The van der Waals surface area contributed by atoms with Crippen LogP contribution in [0.5, 0.6) is 0 Å². The number of ether oxygens (including phenoxy) is 1. The molecule has 0 spiro atoms. The summed E-state index contributed by atoms with van der Waals surface area (Å²) in [5.74, 6) is 0.466. The van der Waals surface area contributed by atoms with E-state index in [9.17, 15) is 13.0 Å². The van der Waals surface area contributed by atoms with E-state index >= 15 is 0 Å². The molecule has 0 saturated carbocycles. The molecule has 2 unspecified atom stereocenters. The van der Waals surface area contributed by atoms with Crippen LogP contribution in [0.4, 0.5) is 0 Å². The number of aromatic nitrogens is 2. The first kappa shape index (κ1) is 30.2. The van der Waals surface area contributed by atoms with E-state index in [1.807, 2.05) is 18.2 Å². The van der Waals surface area contributed by atoms with Crippen molar-refractivity contribution in [1.82, 2.24) is 9.55 Å². The van der Waals surface area contributed by atoms with Crippen molar-refractivity contribution in [3.63, 3.8) is 0 Å². The van der Waals surface area contributed by atoms with Crippen molar-refractivity contribution in [3.05, 3.63) is 29.6 Å². The van der Waals surface area contributed by atoms with Gasteiger partial charge in [0.1, 0.15) is 17.8 Å². The van der Waals surface area contributed by atoms with Crippen LogP contribution >= 0.6 is 0 Å². The van der Waals surface area contributed by atoms with Crippen LogP contribution in [0.25, 0.3) is 11.0 Å². The fourth-order valence-electron chi connectivity index (χ4n) is 3.58. The van der Waals surface area contributed by atoms with Gasteiger partial charge in [-0.15, -0.1) is 0 Å². The maximum Gasteiger partial charge on any atom is 0.274 e. The summed E-state index contributed by atoms with van der Waals surface area (Å²) in [6.45, 7) is 24.5. The highest BCUT2D eigenvalue weighted by Crippen LogP contribution is 2.43. The molecule has 0 aliphatic carbocycles. The number of rotatable bonds is 11. The third kappa shape index (κ3) is 7.48. The van der Waals surface area contributed by atoms with Gasteiger partial charge in [-0.2, -0.15) is 8.42 Å². The largest absolute Gasteiger partial charge is 0.410 e. The van der Waals surface area contributed by atoms with Crippen LogP contribution in [0.2, 0.25) is 43.8 Å². The highest BCUT2D eigenvalue weighted by molar-refractivity contribution is 7.86. The molecule has 1 heterocycles. The maximum atomic E-state index is 12.1. The molecule has 2 atom stereocenters. The summed E-state index contributed by atoms with van der Waals surface area (Å²) in [5, 5.41) is -1.13. The Kier molecular flexibility index (Phi) is 9.27. The summed E-state index contributed by atoms with van der Waals surface area (Å²) in [7, 11) is -7.70. The second-order valence-corrected chi connectivity index (χ2v) is 24.8. The van der Waals surface area contributed by atoms with E-state index in [4.69, 9.17) is 14.1 Å². The molecule has 1 aromatic heterocycles. The highest BCUT2D eigenvalue weighted by atomic mass is 32.2. The van der Waals surface area contributed by atoms with Crippen molar-refractivity contribution >= 4 is 37.5 Å². The average molecular weight is 543 g/mol. The lowest BCUT2D eigenvalue weighted by atomic mass is 9.98. The van der Waals surface area contributed by atoms with Crippen molar-refractivity contribution in [2.75, 3.05) is 6.61 Å². The zero-order chi connectivity index (χ0) is 27.0. The zero-order valence-corrected chi connectivity index (χ0v) is 26.3. The van der Waals surface area contributed by atoms with Crippen LogP contribution in [-0.4, -0.2) is 45.5 Å². The average Bonchev–Trinajstić information content (AvgIpc) is 3.05. The number of hydrogen-bond donors (Lipinski definition) is 1. The van der Waals surface area contributed by atoms with Crippen molar-refractivity contribution in [1.29, 1.82) is 0 Å². The second kappa shape index (κ2) is 10.7. The van der Waals surface area contributed by atoms with Gasteiger partial charge in [-0.3, -0.25) is 4.55 Å². The minimum absolute atomic E-state index is 0.0439. The summed E-state index contributed by atoms with van der Waals surface area (Å²) >= 11 is 0. The van der Waals surface area contributed by atoms with Crippen molar-refractivity contribution < 1.29 is 22.1 Å². The monoisotopic (exact) mass is 542 g/mol. The molecule has 0 aliphatic rings. The topological polar surface area (TPSA) is 90.6 Å². The Morgan fingerprint density at radius 1 is 1.09 bits per heavy atom. The van der Waals surface area contributed by atoms with Gasteiger partial charge in [-0.05, 0) is 43.1 Å². The Morgan fingerprint density at radius 2 is 1.69 bits per heavy atom. The lowest BCUT2D eigenvalue weighted by Crippen LogP contribution is -2.42. The minimum atomic E-state index is -4.33. The zero-order valence-electron chi connectivity index (χ0n) is 23.5. The quantitative estimate of drug-likeness (QED) is 0.186. The van der Waals surface area contributed by atoms with Crippen LogP contribution in [0, 0.1) is 5.92 Å². The molecule has 0 bridgehead atoms. The predicted octanol–water partition coefficient (Wildman–Crippen LogP) is 7.02. The maximum absolute atomic E-state index is 12.1. The van der Waals surface area contributed by atoms with Crippen LogP contribution in [-0.2, 0) is 26.0 Å². The molecule has 1 N–H and O–H groups in total. The first-order valence-electron chi connectivity index (χ1n) is 12.5. The molecule has 0 amide bonds. The Hall–Kier alpha value is -1.05. The molecular formula is C25H46N2O5SSi2. The molecule has 2 aromatic rings. The van der Waals surface area contributed by atoms with Gasteiger partial charge in [0.05, 0.1) is 17.1 Å². The molecule has 35 heavy (non-hydrogen) atoms. The van der Waals surface area contributed by atoms with Gasteiger partial charge in [0, 0.05) is 20.2 Å². The molecule has 7 nitrogen and oxygen atoms in total. The van der Waals surface area contributed by atoms with Crippen LogP contribution in [0.3, 0.4) is 0 Å². The van der Waals surface area contributed by atoms with Gasteiger partial charge in [0.2, 0.25) is 0 Å². The molecular weight excluding hydrogens is 497 g/mol. The molecule has 1 aromatic carbocycles. The number of imidazole rings is 1. The number of benzene rings is 1. The molecule has 2 rings (SSSR count). The molecule has 0 saturated heterocycles. The highest BCUT2D eigenvalue weighted by Gasteiger charge is 2.40. The first-order valence-corrected chi connectivity index (χ1v) is 20.6. The number of nitrogens with zero attached hydrogens (tertiary/aromatic N) is 2. The lowest BCUT2D eigenvalue weighted by Gasteiger charge is -2.40. The lowest BCUT2D eigenvalue weighted by molar-refractivity contribution is 0.0878. The Morgan fingerprint density at radius 3 is 2.17 bits per heavy atom. The normalized spacial score (nSPS) is 15.7. The van der Waals surface area contributed by atoms with E-state index in [1.165, 1.54) is 6.92 Å². The molecule has 0 radical (unpaired) electrons. The van der Waals surface area contributed by atoms with Gasteiger partial charge in [0.25, 0.3) is 10.1 Å². The molecule has 10 heteroatoms. The fraction of sp³-hybridized carbons (Fsp3) is 0.720. The third-order valence-electron chi connectivity index (χ3n) is 7.01. The summed E-state index contributed by atoms with van der Waals surface area (Å²) < 4.78 is 48.7. The number of fused-ring (bicyclic) bond motifs is 1. The van der Waals surface area contributed by atoms with E-state index in [1.54, 1.807) is 4.57 Å². The van der Waals surface area contributed by atoms with E-state index in [2.05, 4.69) is 67.4 Å². The standard InChI is InChI=1S/C25H46N2O5SSi2/c1-18(2)23(32-35(10,11)25(4,5)6)20-13-12-14-21-22(20)26-24(19(3)33(28,29)30)27(21)17-31-15-16-34(7,8)9/h12-14,18-19,23H,15-17H2,1-11H3,(H,28,29,30). The van der Waals surface area contributed by atoms with Crippen LogP contribution < -0.4 is 0 Å². The van der Waals surface area contributed by atoms with Gasteiger partial charge < -0.3 is 13.7 Å². The molecule has 200 valence electrons. The molecule has 0 aliphatic heterocycles. The van der Waals surface area contributed by atoms with E-state index in [0.717, 1.165) is 17.1 Å². The van der Waals surface area contributed by atoms with Gasteiger partial charge in [0.15, 0.2) is 8.32 Å². The third-order valence-corrected chi connectivity index (χ3v) is 14.3. The van der Waals surface area contributed by atoms with Crippen LogP contribution in [0.1, 0.15) is 64.3 Å². The second-order valence-electron chi connectivity index (χ2n) is 12.7. The SMILES string of the molecule is CC(C)C(O[Si](C)(C)C(C)(C)C)c1cccc2c1nc(C(C)S(=O)(=O)O)n2COCC[Si](C)(C)C. The van der Waals surface area contributed by atoms with Crippen molar-refractivity contribution in [2.45, 2.75) is 103 Å². The van der Waals surface area contributed by atoms with E-state index < -0.39 is 31.8 Å². The Labute approximate surface area is 214 Å². The summed E-state index contributed by atoms with van der Waals surface area (Å²) in [6, 6.07) is 6.91. The Bertz CT molecular complexity index is 1120.